The number of aryl methyl sites for hydroxylation is 1. The van der Waals surface area contributed by atoms with Crippen molar-refractivity contribution in [1.82, 2.24) is 9.38 Å². The highest BCUT2D eigenvalue weighted by atomic mass is 35.5. The average Bonchev–Trinajstić information content (AvgIpc) is 2.96. The molecule has 3 aromatic rings. The molecule has 0 aliphatic rings. The average molecular weight is 404 g/mol. The summed E-state index contributed by atoms with van der Waals surface area (Å²) in [6.07, 6.45) is -3.78. The summed E-state index contributed by atoms with van der Waals surface area (Å²) in [6.45, 7) is 1.65. The molecule has 142 valence electrons. The van der Waals surface area contributed by atoms with Crippen molar-refractivity contribution in [3.05, 3.63) is 64.1 Å². The van der Waals surface area contributed by atoms with Gasteiger partial charge in [-0.1, -0.05) is 18.5 Å². The Labute approximate surface area is 154 Å². The van der Waals surface area contributed by atoms with E-state index in [0.29, 0.717) is 18.3 Å². The topological polar surface area (TPSA) is 46.4 Å². The molecule has 0 aliphatic carbocycles. The van der Waals surface area contributed by atoms with E-state index >= 15 is 0 Å². The zero-order valence-electron chi connectivity index (χ0n) is 13.7. The maximum Gasteiger partial charge on any atom is 0.417 e. The predicted octanol–water partition coefficient (Wildman–Crippen LogP) is 5.10. The molecule has 0 radical (unpaired) electrons. The van der Waals surface area contributed by atoms with Crippen LogP contribution in [0.2, 0.25) is 5.02 Å². The van der Waals surface area contributed by atoms with E-state index in [-0.39, 0.29) is 34.2 Å². The number of pyridine rings is 1. The van der Waals surface area contributed by atoms with Crippen LogP contribution in [0, 0.1) is 11.6 Å². The van der Waals surface area contributed by atoms with E-state index in [1.807, 2.05) is 0 Å². The Bertz CT molecular complexity index is 1050. The van der Waals surface area contributed by atoms with Gasteiger partial charge in [-0.15, -0.1) is 0 Å². The van der Waals surface area contributed by atoms with E-state index in [1.165, 1.54) is 0 Å². The Morgan fingerprint density at radius 3 is 2.56 bits per heavy atom. The molecule has 0 spiro atoms. The summed E-state index contributed by atoms with van der Waals surface area (Å²) in [5.74, 6) is -2.76. The van der Waals surface area contributed by atoms with Gasteiger partial charge in [-0.05, 0) is 24.6 Å². The summed E-state index contributed by atoms with van der Waals surface area (Å²) in [6, 6.07) is 3.23. The number of aromatic nitrogens is 2. The van der Waals surface area contributed by atoms with Crippen molar-refractivity contribution in [3.63, 3.8) is 0 Å². The van der Waals surface area contributed by atoms with Crippen LogP contribution in [0.5, 0.6) is 0 Å². The number of nitrogens with zero attached hydrogens (tertiary/aromatic N) is 2. The molecule has 0 aliphatic heterocycles. The fourth-order valence-electron chi connectivity index (χ4n) is 2.57. The monoisotopic (exact) mass is 403 g/mol. The third-order valence-corrected chi connectivity index (χ3v) is 4.08. The molecule has 0 bridgehead atoms. The summed E-state index contributed by atoms with van der Waals surface area (Å²) in [4.78, 5) is 16.7. The third kappa shape index (κ3) is 3.59. The second-order valence-corrected chi connectivity index (χ2v) is 6.01. The summed E-state index contributed by atoms with van der Waals surface area (Å²) < 4.78 is 66.9. The van der Waals surface area contributed by atoms with Crippen LogP contribution in [-0.4, -0.2) is 15.3 Å². The Morgan fingerprint density at radius 1 is 1.26 bits per heavy atom. The van der Waals surface area contributed by atoms with Crippen LogP contribution in [0.3, 0.4) is 0 Å². The van der Waals surface area contributed by atoms with Gasteiger partial charge in [0.15, 0.2) is 5.65 Å². The van der Waals surface area contributed by atoms with Crippen LogP contribution in [-0.2, 0) is 12.6 Å². The molecule has 1 aromatic carbocycles. The van der Waals surface area contributed by atoms with Gasteiger partial charge in [-0.3, -0.25) is 9.20 Å². The molecule has 0 atom stereocenters. The van der Waals surface area contributed by atoms with Crippen LogP contribution < -0.4 is 5.32 Å². The van der Waals surface area contributed by atoms with Gasteiger partial charge in [-0.2, -0.15) is 13.2 Å². The number of imidazole rings is 1. The Kier molecular flexibility index (Phi) is 4.81. The minimum atomic E-state index is -4.69. The second-order valence-electron chi connectivity index (χ2n) is 5.61. The number of halogens is 6. The van der Waals surface area contributed by atoms with Gasteiger partial charge >= 0.3 is 6.18 Å². The molecule has 2 heterocycles. The zero-order chi connectivity index (χ0) is 19.9. The summed E-state index contributed by atoms with van der Waals surface area (Å²) in [5, 5.41) is 1.93. The van der Waals surface area contributed by atoms with Crippen LogP contribution in [0.25, 0.3) is 5.65 Å². The number of carbonyl (C=O) groups excluding carboxylic acids is 1. The van der Waals surface area contributed by atoms with Crippen LogP contribution in [0.4, 0.5) is 27.6 Å². The third-order valence-electron chi connectivity index (χ3n) is 3.80. The molecule has 4 nitrogen and oxygen atoms in total. The number of alkyl halides is 3. The Balaban J connectivity index is 2.14. The smallest absolute Gasteiger partial charge is 0.318 e. The van der Waals surface area contributed by atoms with E-state index in [4.69, 9.17) is 11.6 Å². The highest BCUT2D eigenvalue weighted by molar-refractivity contribution is 6.33. The molecule has 0 saturated heterocycles. The number of benzene rings is 1. The molecule has 2 aromatic heterocycles. The first-order chi connectivity index (χ1) is 12.6. The van der Waals surface area contributed by atoms with Crippen molar-refractivity contribution < 1.29 is 26.7 Å². The van der Waals surface area contributed by atoms with Crippen molar-refractivity contribution in [1.29, 1.82) is 0 Å². The molecular formula is C17H11ClF5N3O. The first kappa shape index (κ1) is 19.1. The lowest BCUT2D eigenvalue weighted by atomic mass is 10.2. The summed E-state index contributed by atoms with van der Waals surface area (Å²) in [5.41, 5.74) is -1.47. The van der Waals surface area contributed by atoms with Gasteiger partial charge in [0.25, 0.3) is 5.91 Å². The van der Waals surface area contributed by atoms with Gasteiger partial charge in [-0.25, -0.2) is 13.8 Å². The number of hydrogen-bond donors (Lipinski definition) is 1. The fraction of sp³-hybridized carbons (Fsp3) is 0.176. The van der Waals surface area contributed by atoms with Crippen molar-refractivity contribution in [2.75, 3.05) is 5.32 Å². The highest BCUT2D eigenvalue weighted by Gasteiger charge is 2.33. The number of anilines is 1. The first-order valence-electron chi connectivity index (χ1n) is 7.66. The Morgan fingerprint density at radius 2 is 1.96 bits per heavy atom. The number of carbonyl (C=O) groups is 1. The highest BCUT2D eigenvalue weighted by Crippen LogP contribution is 2.33. The molecule has 3 rings (SSSR count). The van der Waals surface area contributed by atoms with E-state index in [1.54, 1.807) is 6.92 Å². The number of rotatable bonds is 3. The summed E-state index contributed by atoms with van der Waals surface area (Å²) >= 11 is 5.90. The summed E-state index contributed by atoms with van der Waals surface area (Å²) in [7, 11) is 0. The van der Waals surface area contributed by atoms with E-state index in [9.17, 15) is 26.7 Å². The number of nitrogens with one attached hydrogen (secondary N) is 1. The quantitative estimate of drug-likeness (QED) is 0.618. The van der Waals surface area contributed by atoms with Gasteiger partial charge in [0.05, 0.1) is 22.0 Å². The van der Waals surface area contributed by atoms with Gasteiger partial charge < -0.3 is 5.32 Å². The van der Waals surface area contributed by atoms with Crippen molar-refractivity contribution in [2.45, 2.75) is 19.5 Å². The number of amides is 1. The zero-order valence-corrected chi connectivity index (χ0v) is 14.4. The van der Waals surface area contributed by atoms with Crippen LogP contribution >= 0.6 is 11.6 Å². The standard InChI is InChI=1S/C17H11ClF5N3O/c1-2-12-14(16(27)25-13-4-3-9(19)6-11(13)20)26-7-8(17(21,22)23)5-10(18)15(26)24-12/h3-7H,2H2,1H3,(H,25,27). The van der Waals surface area contributed by atoms with Crippen molar-refractivity contribution in [3.8, 4) is 0 Å². The Hall–Kier alpha value is -2.68. The van der Waals surface area contributed by atoms with Gasteiger partial charge in [0.2, 0.25) is 0 Å². The minimum absolute atomic E-state index is 0.0359. The molecule has 0 fully saturated rings. The SMILES string of the molecule is CCc1nc2c(Cl)cc(C(F)(F)F)cn2c1C(=O)Nc1ccc(F)cc1F. The molecule has 1 amide bonds. The molecule has 10 heteroatoms. The minimum Gasteiger partial charge on any atom is -0.318 e. The van der Waals surface area contributed by atoms with Gasteiger partial charge in [0.1, 0.15) is 17.3 Å². The molecule has 27 heavy (non-hydrogen) atoms. The van der Waals surface area contributed by atoms with Crippen molar-refractivity contribution in [2.24, 2.45) is 0 Å². The largest absolute Gasteiger partial charge is 0.417 e. The molecule has 0 saturated carbocycles. The molecule has 0 unspecified atom stereocenters. The first-order valence-corrected chi connectivity index (χ1v) is 8.03. The maximum absolute atomic E-state index is 13.8. The molecule has 1 N–H and O–H groups in total. The predicted molar refractivity (Wildman–Crippen MR) is 88.9 cm³/mol. The fourth-order valence-corrected chi connectivity index (χ4v) is 2.82. The van der Waals surface area contributed by atoms with E-state index in [0.717, 1.165) is 16.5 Å². The maximum atomic E-state index is 13.8. The van der Waals surface area contributed by atoms with Crippen LogP contribution in [0.15, 0.2) is 30.5 Å². The number of hydrogen-bond acceptors (Lipinski definition) is 2. The van der Waals surface area contributed by atoms with Crippen molar-refractivity contribution >= 4 is 28.8 Å². The normalized spacial score (nSPS) is 11.8. The lowest BCUT2D eigenvalue weighted by Gasteiger charge is -2.11. The van der Waals surface area contributed by atoms with Crippen LogP contribution in [0.1, 0.15) is 28.7 Å². The number of fused-ring (bicyclic) bond motifs is 1. The lowest BCUT2D eigenvalue weighted by Crippen LogP contribution is -2.18. The second kappa shape index (κ2) is 6.80. The van der Waals surface area contributed by atoms with E-state index < -0.39 is 29.3 Å². The van der Waals surface area contributed by atoms with E-state index in [2.05, 4.69) is 10.3 Å². The molecular weight excluding hydrogens is 393 g/mol. The lowest BCUT2D eigenvalue weighted by molar-refractivity contribution is -0.137. The van der Waals surface area contributed by atoms with Gasteiger partial charge in [0, 0.05) is 12.3 Å².